The Morgan fingerprint density at radius 3 is 2.32 bits per heavy atom. The fourth-order valence-electron chi connectivity index (χ4n) is 2.44. The van der Waals surface area contributed by atoms with Gasteiger partial charge in [-0.05, 0) is 33.1 Å². The Morgan fingerprint density at radius 2 is 1.79 bits per heavy atom. The minimum absolute atomic E-state index is 0.0280. The van der Waals surface area contributed by atoms with Gasteiger partial charge in [-0.2, -0.15) is 0 Å². The first-order valence-electron chi connectivity index (χ1n) is 7.26. The lowest BCUT2D eigenvalue weighted by atomic mass is 9.88. The van der Waals surface area contributed by atoms with E-state index in [1.54, 1.807) is 0 Å². The average Bonchev–Trinajstić information content (AvgIpc) is 2.38. The molecule has 1 aliphatic carbocycles. The molecule has 0 aromatic carbocycles. The lowest BCUT2D eigenvalue weighted by molar-refractivity contribution is -0.132. The van der Waals surface area contributed by atoms with Gasteiger partial charge >= 0.3 is 0 Å². The third-order valence-electron chi connectivity index (χ3n) is 3.46. The van der Waals surface area contributed by atoms with Gasteiger partial charge in [0.2, 0.25) is 11.8 Å². The van der Waals surface area contributed by atoms with Crippen LogP contribution in [-0.4, -0.2) is 35.6 Å². The van der Waals surface area contributed by atoms with Crippen molar-refractivity contribution in [1.82, 2.24) is 10.6 Å². The normalized spacial score (nSPS) is 18.1. The quantitative estimate of drug-likeness (QED) is 0.672. The molecule has 5 nitrogen and oxygen atoms in total. The van der Waals surface area contributed by atoms with Gasteiger partial charge in [0.15, 0.2) is 0 Å². The van der Waals surface area contributed by atoms with E-state index in [-0.39, 0.29) is 36.8 Å². The van der Waals surface area contributed by atoms with Crippen molar-refractivity contribution in [3.63, 3.8) is 0 Å². The van der Waals surface area contributed by atoms with Crippen LogP contribution in [0.2, 0.25) is 0 Å². The summed E-state index contributed by atoms with van der Waals surface area (Å²) in [5, 5.41) is 14.6. The third-order valence-corrected chi connectivity index (χ3v) is 3.46. The van der Waals surface area contributed by atoms with Gasteiger partial charge in [0.1, 0.15) is 6.04 Å². The van der Waals surface area contributed by atoms with Gasteiger partial charge < -0.3 is 15.7 Å². The maximum Gasteiger partial charge on any atom is 0.242 e. The Morgan fingerprint density at radius 1 is 1.16 bits per heavy atom. The maximum absolute atomic E-state index is 12.1. The summed E-state index contributed by atoms with van der Waals surface area (Å²) < 4.78 is 0. The molecule has 0 bridgehead atoms. The first-order valence-corrected chi connectivity index (χ1v) is 7.26. The number of hydrogen-bond acceptors (Lipinski definition) is 3. The maximum atomic E-state index is 12.1. The summed E-state index contributed by atoms with van der Waals surface area (Å²) in [7, 11) is 0. The topological polar surface area (TPSA) is 78.4 Å². The standard InChI is InChI=1S/C14H26N2O3/c1-10(2)15-14(19)12(8-9-17)16-13(18)11-6-4-3-5-7-11/h10-12,17H,3-9H2,1-2H3,(H,15,19)(H,16,18)/t12-/m0/s1. The predicted octanol–water partition coefficient (Wildman–Crippen LogP) is 0.958. The van der Waals surface area contributed by atoms with Gasteiger partial charge in [-0.1, -0.05) is 19.3 Å². The molecule has 0 spiro atoms. The van der Waals surface area contributed by atoms with E-state index in [9.17, 15) is 9.59 Å². The van der Waals surface area contributed by atoms with Crippen LogP contribution < -0.4 is 10.6 Å². The molecule has 0 unspecified atom stereocenters. The SMILES string of the molecule is CC(C)NC(=O)[C@H](CCO)NC(=O)C1CCCCC1. The van der Waals surface area contributed by atoms with Crippen LogP contribution in [-0.2, 0) is 9.59 Å². The fraction of sp³-hybridized carbons (Fsp3) is 0.857. The molecule has 0 aromatic heterocycles. The molecule has 1 atom stereocenters. The molecular formula is C14H26N2O3. The Balaban J connectivity index is 2.51. The Bertz CT molecular complexity index is 299. The molecule has 1 rings (SSSR count). The molecule has 0 aromatic rings. The number of amides is 2. The molecule has 0 radical (unpaired) electrons. The van der Waals surface area contributed by atoms with Crippen molar-refractivity contribution in [3.05, 3.63) is 0 Å². The number of hydrogen-bond donors (Lipinski definition) is 3. The summed E-state index contributed by atoms with van der Waals surface area (Å²) >= 11 is 0. The van der Waals surface area contributed by atoms with Gasteiger partial charge in [-0.3, -0.25) is 9.59 Å². The predicted molar refractivity (Wildman–Crippen MR) is 73.5 cm³/mol. The summed E-state index contributed by atoms with van der Waals surface area (Å²) in [4.78, 5) is 24.0. The largest absolute Gasteiger partial charge is 0.396 e. The summed E-state index contributed by atoms with van der Waals surface area (Å²) in [6, 6.07) is -0.595. The minimum Gasteiger partial charge on any atom is -0.396 e. The lowest BCUT2D eigenvalue weighted by Gasteiger charge is -2.24. The highest BCUT2D eigenvalue weighted by atomic mass is 16.3. The van der Waals surface area contributed by atoms with Crippen LogP contribution in [0.1, 0.15) is 52.4 Å². The number of carbonyl (C=O) groups is 2. The fourth-order valence-corrected chi connectivity index (χ4v) is 2.44. The second-order valence-electron chi connectivity index (χ2n) is 5.57. The minimum atomic E-state index is -0.623. The lowest BCUT2D eigenvalue weighted by Crippen LogP contribution is -2.50. The smallest absolute Gasteiger partial charge is 0.242 e. The molecule has 3 N–H and O–H groups in total. The molecule has 19 heavy (non-hydrogen) atoms. The molecule has 5 heteroatoms. The Labute approximate surface area is 115 Å². The zero-order valence-electron chi connectivity index (χ0n) is 11.9. The van der Waals surface area contributed by atoms with E-state index in [0.717, 1.165) is 25.7 Å². The number of carbonyl (C=O) groups excluding carboxylic acids is 2. The number of aliphatic hydroxyl groups excluding tert-OH is 1. The first kappa shape index (κ1) is 16.0. The monoisotopic (exact) mass is 270 g/mol. The van der Waals surface area contributed by atoms with Crippen molar-refractivity contribution < 1.29 is 14.7 Å². The summed E-state index contributed by atoms with van der Waals surface area (Å²) in [5.41, 5.74) is 0. The summed E-state index contributed by atoms with van der Waals surface area (Å²) in [6.45, 7) is 3.63. The van der Waals surface area contributed by atoms with E-state index in [4.69, 9.17) is 5.11 Å². The highest BCUT2D eigenvalue weighted by Crippen LogP contribution is 2.23. The second-order valence-corrected chi connectivity index (χ2v) is 5.57. The van der Waals surface area contributed by atoms with E-state index in [2.05, 4.69) is 10.6 Å². The molecule has 0 saturated heterocycles. The van der Waals surface area contributed by atoms with Crippen LogP contribution in [0.3, 0.4) is 0 Å². The molecule has 2 amide bonds. The van der Waals surface area contributed by atoms with Crippen molar-refractivity contribution in [3.8, 4) is 0 Å². The summed E-state index contributed by atoms with van der Waals surface area (Å²) in [6.07, 6.45) is 5.43. The Hall–Kier alpha value is -1.10. The van der Waals surface area contributed by atoms with Crippen molar-refractivity contribution in [2.75, 3.05) is 6.61 Å². The van der Waals surface area contributed by atoms with Crippen molar-refractivity contribution in [2.45, 2.75) is 64.5 Å². The zero-order valence-corrected chi connectivity index (χ0v) is 11.9. The molecular weight excluding hydrogens is 244 g/mol. The molecule has 110 valence electrons. The van der Waals surface area contributed by atoms with E-state index in [0.29, 0.717) is 0 Å². The van der Waals surface area contributed by atoms with Crippen LogP contribution in [0.25, 0.3) is 0 Å². The van der Waals surface area contributed by atoms with Gasteiger partial charge in [-0.25, -0.2) is 0 Å². The van der Waals surface area contributed by atoms with Crippen molar-refractivity contribution >= 4 is 11.8 Å². The molecule has 0 heterocycles. The molecule has 1 saturated carbocycles. The van der Waals surface area contributed by atoms with Crippen molar-refractivity contribution in [1.29, 1.82) is 0 Å². The number of aliphatic hydroxyl groups is 1. The van der Waals surface area contributed by atoms with E-state index in [1.165, 1.54) is 6.42 Å². The highest BCUT2D eigenvalue weighted by molar-refractivity contribution is 5.88. The Kier molecular flexibility index (Phi) is 6.84. The first-order chi connectivity index (χ1) is 9.04. The van der Waals surface area contributed by atoms with E-state index < -0.39 is 6.04 Å². The van der Waals surface area contributed by atoms with Gasteiger partial charge in [0.25, 0.3) is 0 Å². The van der Waals surface area contributed by atoms with Crippen LogP contribution in [0.15, 0.2) is 0 Å². The molecule has 1 aliphatic rings. The molecule has 0 aliphatic heterocycles. The van der Waals surface area contributed by atoms with E-state index in [1.807, 2.05) is 13.8 Å². The summed E-state index contributed by atoms with van der Waals surface area (Å²) in [5.74, 6) is -0.230. The third kappa shape index (κ3) is 5.59. The van der Waals surface area contributed by atoms with Gasteiger partial charge in [-0.15, -0.1) is 0 Å². The van der Waals surface area contributed by atoms with Crippen molar-refractivity contribution in [2.24, 2.45) is 5.92 Å². The number of rotatable bonds is 6. The van der Waals surface area contributed by atoms with Gasteiger partial charge in [0, 0.05) is 18.6 Å². The van der Waals surface area contributed by atoms with Crippen LogP contribution in [0.4, 0.5) is 0 Å². The van der Waals surface area contributed by atoms with Crippen LogP contribution in [0, 0.1) is 5.92 Å². The van der Waals surface area contributed by atoms with Crippen LogP contribution in [0.5, 0.6) is 0 Å². The molecule has 1 fully saturated rings. The number of nitrogens with one attached hydrogen (secondary N) is 2. The van der Waals surface area contributed by atoms with Gasteiger partial charge in [0.05, 0.1) is 0 Å². The second kappa shape index (κ2) is 8.15. The van der Waals surface area contributed by atoms with Crippen LogP contribution >= 0.6 is 0 Å². The highest BCUT2D eigenvalue weighted by Gasteiger charge is 2.26. The van der Waals surface area contributed by atoms with E-state index >= 15 is 0 Å². The zero-order chi connectivity index (χ0) is 14.3. The average molecular weight is 270 g/mol.